The highest BCUT2D eigenvalue weighted by Gasteiger charge is 2.26. The Kier molecular flexibility index (Phi) is 6.19. The Morgan fingerprint density at radius 2 is 2.00 bits per heavy atom. The molecule has 1 amide bonds. The number of nitrogens with zero attached hydrogens (tertiary/aromatic N) is 4. The maximum absolute atomic E-state index is 13.0. The van der Waals surface area contributed by atoms with Gasteiger partial charge in [-0.25, -0.2) is 9.97 Å². The summed E-state index contributed by atoms with van der Waals surface area (Å²) in [5, 5.41) is 9.45. The van der Waals surface area contributed by atoms with Gasteiger partial charge < -0.3 is 14.9 Å². The molecule has 0 saturated carbocycles. The summed E-state index contributed by atoms with van der Waals surface area (Å²) in [6, 6.07) is 5.91. The average Bonchev–Trinajstić information content (AvgIpc) is 3.01. The van der Waals surface area contributed by atoms with E-state index in [1.165, 1.54) is 22.5 Å². The molecule has 0 fully saturated rings. The largest absolute Gasteiger partial charge is 0.395 e. The lowest BCUT2D eigenvalue weighted by atomic mass is 10.1. The summed E-state index contributed by atoms with van der Waals surface area (Å²) in [5.74, 6) is 0.141. The minimum Gasteiger partial charge on any atom is -0.395 e. The third kappa shape index (κ3) is 4.18. The Morgan fingerprint density at radius 1 is 1.30 bits per heavy atom. The number of aromatic nitrogens is 2. The fourth-order valence-electron chi connectivity index (χ4n) is 3.36. The van der Waals surface area contributed by atoms with Gasteiger partial charge in [0.05, 0.1) is 6.61 Å². The van der Waals surface area contributed by atoms with Crippen LogP contribution >= 0.6 is 23.2 Å². The van der Waals surface area contributed by atoms with Crippen LogP contribution in [0.3, 0.4) is 0 Å². The third-order valence-corrected chi connectivity index (χ3v) is 5.06. The molecular weight excluding hydrogens is 387 g/mol. The van der Waals surface area contributed by atoms with Gasteiger partial charge in [-0.05, 0) is 36.1 Å². The molecule has 27 heavy (non-hydrogen) atoms. The first-order chi connectivity index (χ1) is 12.9. The molecule has 3 rings (SSSR count). The normalized spacial score (nSPS) is 13.2. The van der Waals surface area contributed by atoms with E-state index in [4.69, 9.17) is 23.2 Å². The van der Waals surface area contributed by atoms with Crippen LogP contribution in [0.4, 0.5) is 11.4 Å². The van der Waals surface area contributed by atoms with Gasteiger partial charge in [-0.1, -0.05) is 37.0 Å². The van der Waals surface area contributed by atoms with E-state index in [9.17, 15) is 9.90 Å². The van der Waals surface area contributed by atoms with Gasteiger partial charge in [0.15, 0.2) is 0 Å². The molecule has 0 radical (unpaired) electrons. The van der Waals surface area contributed by atoms with Gasteiger partial charge in [0.1, 0.15) is 22.2 Å². The van der Waals surface area contributed by atoms with Gasteiger partial charge in [0, 0.05) is 31.0 Å². The van der Waals surface area contributed by atoms with E-state index in [2.05, 4.69) is 28.7 Å². The van der Waals surface area contributed by atoms with Gasteiger partial charge in [0.2, 0.25) is 0 Å². The van der Waals surface area contributed by atoms with E-state index in [-0.39, 0.29) is 29.0 Å². The van der Waals surface area contributed by atoms with E-state index in [0.717, 1.165) is 19.5 Å². The van der Waals surface area contributed by atoms with E-state index in [0.29, 0.717) is 11.6 Å². The summed E-state index contributed by atoms with van der Waals surface area (Å²) in [4.78, 5) is 24.6. The van der Waals surface area contributed by atoms with Crippen molar-refractivity contribution in [2.75, 3.05) is 36.0 Å². The van der Waals surface area contributed by atoms with Crippen LogP contribution in [0.2, 0.25) is 10.3 Å². The molecule has 1 aromatic heterocycles. The van der Waals surface area contributed by atoms with Crippen molar-refractivity contribution < 1.29 is 9.90 Å². The fraction of sp³-hybridized carbons (Fsp3) is 0.421. The number of carbonyl (C=O) groups excluding carboxylic acids is 1. The lowest BCUT2D eigenvalue weighted by Crippen LogP contribution is -2.34. The zero-order chi connectivity index (χ0) is 19.6. The quantitative estimate of drug-likeness (QED) is 0.741. The van der Waals surface area contributed by atoms with Crippen molar-refractivity contribution in [3.8, 4) is 0 Å². The first-order valence-corrected chi connectivity index (χ1v) is 9.64. The standard InChI is InChI=1S/C19H22Cl2N4O2/c1-12(2)10-24-6-5-13-9-14(3-4-15(13)24)25(7-8-26)19(27)16-17(20)22-11-23-18(16)21/h3-4,9,11-12,26H,5-8,10H2,1-2H3. The van der Waals surface area contributed by atoms with Crippen LogP contribution in [0.1, 0.15) is 29.8 Å². The number of fused-ring (bicyclic) bond motifs is 1. The van der Waals surface area contributed by atoms with Gasteiger partial charge in [-0.2, -0.15) is 0 Å². The lowest BCUT2D eigenvalue weighted by molar-refractivity contribution is 0.0980. The molecule has 144 valence electrons. The molecule has 8 heteroatoms. The molecule has 1 aliphatic heterocycles. The molecule has 0 saturated heterocycles. The molecule has 2 aromatic rings. The summed E-state index contributed by atoms with van der Waals surface area (Å²) in [5.41, 5.74) is 3.11. The molecule has 0 spiro atoms. The van der Waals surface area contributed by atoms with Crippen LogP contribution in [-0.4, -0.2) is 47.2 Å². The zero-order valence-electron chi connectivity index (χ0n) is 15.3. The van der Waals surface area contributed by atoms with Crippen molar-refractivity contribution in [2.24, 2.45) is 5.92 Å². The highest BCUT2D eigenvalue weighted by molar-refractivity contribution is 6.39. The second kappa shape index (κ2) is 8.42. The van der Waals surface area contributed by atoms with Crippen LogP contribution in [0.5, 0.6) is 0 Å². The maximum atomic E-state index is 13.0. The predicted octanol–water partition coefficient (Wildman–Crippen LogP) is 3.44. The summed E-state index contributed by atoms with van der Waals surface area (Å²) >= 11 is 12.1. The SMILES string of the molecule is CC(C)CN1CCc2cc(N(CCO)C(=O)c3c(Cl)ncnc3Cl)ccc21. The van der Waals surface area contributed by atoms with Gasteiger partial charge >= 0.3 is 0 Å². The van der Waals surface area contributed by atoms with Crippen molar-refractivity contribution in [3.05, 3.63) is 46.0 Å². The van der Waals surface area contributed by atoms with Crippen LogP contribution in [0, 0.1) is 5.92 Å². The monoisotopic (exact) mass is 408 g/mol. The number of anilines is 2. The second-order valence-electron chi connectivity index (χ2n) is 6.91. The number of aliphatic hydroxyl groups excluding tert-OH is 1. The lowest BCUT2D eigenvalue weighted by Gasteiger charge is -2.25. The topological polar surface area (TPSA) is 69.6 Å². The highest BCUT2D eigenvalue weighted by atomic mass is 35.5. The number of rotatable bonds is 6. The minimum absolute atomic E-state index is 0.00721. The van der Waals surface area contributed by atoms with E-state index >= 15 is 0 Å². The number of aliphatic hydroxyl groups is 1. The molecule has 1 N–H and O–H groups in total. The third-order valence-electron chi connectivity index (χ3n) is 4.49. The van der Waals surface area contributed by atoms with Crippen molar-refractivity contribution in [3.63, 3.8) is 0 Å². The molecule has 2 heterocycles. The Morgan fingerprint density at radius 3 is 2.63 bits per heavy atom. The molecule has 1 aromatic carbocycles. The number of benzene rings is 1. The van der Waals surface area contributed by atoms with E-state index in [1.54, 1.807) is 0 Å². The number of hydrogen-bond donors (Lipinski definition) is 1. The summed E-state index contributed by atoms with van der Waals surface area (Å²) in [6.45, 7) is 6.29. The minimum atomic E-state index is -0.434. The molecule has 1 aliphatic rings. The highest BCUT2D eigenvalue weighted by Crippen LogP contribution is 2.33. The van der Waals surface area contributed by atoms with Crippen LogP contribution < -0.4 is 9.80 Å². The molecule has 0 unspecified atom stereocenters. The molecule has 6 nitrogen and oxygen atoms in total. The maximum Gasteiger partial charge on any atom is 0.264 e. The van der Waals surface area contributed by atoms with Crippen molar-refractivity contribution in [1.29, 1.82) is 0 Å². The summed E-state index contributed by atoms with van der Waals surface area (Å²) in [6.07, 6.45) is 2.13. The van der Waals surface area contributed by atoms with E-state index < -0.39 is 5.91 Å². The predicted molar refractivity (Wildman–Crippen MR) is 108 cm³/mol. The summed E-state index contributed by atoms with van der Waals surface area (Å²) < 4.78 is 0. The average molecular weight is 409 g/mol. The second-order valence-corrected chi connectivity index (χ2v) is 7.63. The molecule has 0 bridgehead atoms. The Labute approximate surface area is 168 Å². The van der Waals surface area contributed by atoms with Crippen molar-refractivity contribution in [1.82, 2.24) is 9.97 Å². The van der Waals surface area contributed by atoms with Crippen LogP contribution in [0.15, 0.2) is 24.5 Å². The smallest absolute Gasteiger partial charge is 0.264 e. The Bertz CT molecular complexity index is 824. The summed E-state index contributed by atoms with van der Waals surface area (Å²) in [7, 11) is 0. The molecule has 0 aliphatic carbocycles. The van der Waals surface area contributed by atoms with Crippen molar-refractivity contribution in [2.45, 2.75) is 20.3 Å². The van der Waals surface area contributed by atoms with Gasteiger partial charge in [-0.15, -0.1) is 0 Å². The Balaban J connectivity index is 1.93. The number of halogens is 2. The first-order valence-electron chi connectivity index (χ1n) is 8.89. The van der Waals surface area contributed by atoms with Gasteiger partial charge in [0.25, 0.3) is 5.91 Å². The number of amides is 1. The molecular formula is C19H22Cl2N4O2. The van der Waals surface area contributed by atoms with Crippen molar-refractivity contribution >= 4 is 40.5 Å². The molecule has 0 atom stereocenters. The number of hydrogen-bond acceptors (Lipinski definition) is 5. The van der Waals surface area contributed by atoms with Crippen LogP contribution in [0.25, 0.3) is 0 Å². The van der Waals surface area contributed by atoms with Gasteiger partial charge in [-0.3, -0.25) is 4.79 Å². The Hall–Kier alpha value is -1.89. The number of carbonyl (C=O) groups is 1. The first kappa shape index (κ1) is 19.9. The van der Waals surface area contributed by atoms with Crippen LogP contribution in [-0.2, 0) is 6.42 Å². The van der Waals surface area contributed by atoms with E-state index in [1.807, 2.05) is 18.2 Å². The fourth-order valence-corrected chi connectivity index (χ4v) is 3.83. The zero-order valence-corrected chi connectivity index (χ0v) is 16.8.